The molecule has 0 aromatic heterocycles. The van der Waals surface area contributed by atoms with Crippen LogP contribution in [0.2, 0.25) is 0 Å². The van der Waals surface area contributed by atoms with Crippen molar-refractivity contribution < 1.29 is 0 Å². The minimum atomic E-state index is 0.522. The molecular weight excluding hydrogens is 272 g/mol. The van der Waals surface area contributed by atoms with Crippen LogP contribution in [0.15, 0.2) is 80.9 Å². The van der Waals surface area contributed by atoms with E-state index < -0.39 is 0 Å². The molecule has 0 radical (unpaired) electrons. The summed E-state index contributed by atoms with van der Waals surface area (Å²) in [5.74, 6) is 0.522. The van der Waals surface area contributed by atoms with Gasteiger partial charge in [-0.25, -0.2) is 0 Å². The van der Waals surface area contributed by atoms with Crippen LogP contribution in [0.25, 0.3) is 0 Å². The summed E-state index contributed by atoms with van der Waals surface area (Å²) in [6.07, 6.45) is 15.0. The van der Waals surface area contributed by atoms with E-state index in [2.05, 4.69) is 62.6 Å². The zero-order valence-corrected chi connectivity index (χ0v) is 13.6. The Kier molecular flexibility index (Phi) is 3.00. The molecule has 2 atom stereocenters. The number of thioether (sulfide) groups is 1. The van der Waals surface area contributed by atoms with Gasteiger partial charge in [0.1, 0.15) is 0 Å². The van der Waals surface area contributed by atoms with Crippen LogP contribution in [0.1, 0.15) is 27.2 Å². The summed E-state index contributed by atoms with van der Waals surface area (Å²) in [7, 11) is 0. The third-order valence-electron chi connectivity index (χ3n) is 5.09. The molecule has 1 aliphatic heterocycles. The van der Waals surface area contributed by atoms with Crippen molar-refractivity contribution in [3.05, 3.63) is 80.9 Å². The summed E-state index contributed by atoms with van der Waals surface area (Å²) < 4.78 is 0. The molecule has 106 valence electrons. The monoisotopic (exact) mass is 292 g/mol. The van der Waals surface area contributed by atoms with Gasteiger partial charge in [-0.05, 0) is 59.1 Å². The second-order valence-electron chi connectivity index (χ2n) is 6.27. The molecule has 0 fully saturated rings. The van der Waals surface area contributed by atoms with Gasteiger partial charge in [0.2, 0.25) is 0 Å². The van der Waals surface area contributed by atoms with Crippen molar-refractivity contribution in [3.63, 3.8) is 0 Å². The fourth-order valence-corrected chi connectivity index (χ4v) is 4.92. The Hall–Kier alpha value is -1.47. The molecule has 0 bridgehead atoms. The third kappa shape index (κ3) is 1.91. The van der Waals surface area contributed by atoms with Gasteiger partial charge in [-0.15, -0.1) is 11.8 Å². The quantitative estimate of drug-likeness (QED) is 0.633. The van der Waals surface area contributed by atoms with E-state index in [9.17, 15) is 0 Å². The van der Waals surface area contributed by atoms with Gasteiger partial charge >= 0.3 is 0 Å². The normalized spacial score (nSPS) is 27.8. The summed E-state index contributed by atoms with van der Waals surface area (Å²) >= 11 is 1.93. The molecule has 1 unspecified atom stereocenters. The fraction of sp³-hybridized carbons (Fsp3) is 0.300. The van der Waals surface area contributed by atoms with Crippen molar-refractivity contribution in [2.75, 3.05) is 0 Å². The van der Waals surface area contributed by atoms with Crippen LogP contribution in [0, 0.1) is 5.92 Å². The zero-order valence-electron chi connectivity index (χ0n) is 12.8. The highest BCUT2D eigenvalue weighted by molar-refractivity contribution is 8.03. The van der Waals surface area contributed by atoms with Crippen LogP contribution in [0.4, 0.5) is 0 Å². The Bertz CT molecular complexity index is 732. The van der Waals surface area contributed by atoms with Gasteiger partial charge in [0.15, 0.2) is 0 Å². The maximum Gasteiger partial charge on any atom is 0.0530 e. The molecule has 0 aromatic rings. The predicted molar refractivity (Wildman–Crippen MR) is 93.1 cm³/mol. The number of allylic oxidation sites excluding steroid dienone is 11. The molecule has 0 N–H and O–H groups in total. The number of hydrogen-bond acceptors (Lipinski definition) is 1. The van der Waals surface area contributed by atoms with E-state index in [-0.39, 0.29) is 0 Å². The molecule has 0 aromatic carbocycles. The zero-order chi connectivity index (χ0) is 14.6. The average Bonchev–Trinajstić information content (AvgIpc) is 3.16. The molecule has 0 amide bonds. The molecule has 21 heavy (non-hydrogen) atoms. The van der Waals surface area contributed by atoms with Gasteiger partial charge in [-0.3, -0.25) is 0 Å². The summed E-state index contributed by atoms with van der Waals surface area (Å²) in [4.78, 5) is 0. The van der Waals surface area contributed by atoms with E-state index in [0.29, 0.717) is 11.2 Å². The van der Waals surface area contributed by atoms with Gasteiger partial charge in [-0.2, -0.15) is 0 Å². The second kappa shape index (κ2) is 4.78. The Morgan fingerprint density at radius 3 is 2.86 bits per heavy atom. The first-order valence-corrected chi connectivity index (χ1v) is 8.65. The predicted octanol–water partition coefficient (Wildman–Crippen LogP) is 5.65. The molecule has 4 aliphatic rings. The van der Waals surface area contributed by atoms with Gasteiger partial charge in [-0.1, -0.05) is 49.0 Å². The van der Waals surface area contributed by atoms with Crippen molar-refractivity contribution in [1.82, 2.24) is 0 Å². The molecule has 3 aliphatic carbocycles. The maximum absolute atomic E-state index is 2.49. The lowest BCUT2D eigenvalue weighted by Gasteiger charge is -2.25. The van der Waals surface area contributed by atoms with Crippen LogP contribution in [-0.2, 0) is 0 Å². The van der Waals surface area contributed by atoms with Crippen LogP contribution in [-0.4, -0.2) is 5.25 Å². The van der Waals surface area contributed by atoms with E-state index in [0.717, 1.165) is 6.42 Å². The minimum absolute atomic E-state index is 0.522. The molecule has 0 spiro atoms. The topological polar surface area (TPSA) is 0 Å². The SMILES string of the molecule is CC1=C([C@H](C)C2=CC=CC2)C2=CC3SC=CC3=C(C)C2=C1. The Labute approximate surface area is 131 Å². The lowest BCUT2D eigenvalue weighted by atomic mass is 9.81. The van der Waals surface area contributed by atoms with Gasteiger partial charge < -0.3 is 0 Å². The third-order valence-corrected chi connectivity index (χ3v) is 6.07. The van der Waals surface area contributed by atoms with Gasteiger partial charge in [0.25, 0.3) is 0 Å². The Morgan fingerprint density at radius 1 is 1.24 bits per heavy atom. The van der Waals surface area contributed by atoms with Crippen molar-refractivity contribution in [2.24, 2.45) is 5.92 Å². The molecule has 1 heteroatoms. The van der Waals surface area contributed by atoms with E-state index in [1.807, 2.05) is 11.8 Å². The summed E-state index contributed by atoms with van der Waals surface area (Å²) in [6, 6.07) is 0. The molecular formula is C20H20S. The van der Waals surface area contributed by atoms with Gasteiger partial charge in [0.05, 0.1) is 5.25 Å². The largest absolute Gasteiger partial charge is 0.122 e. The average molecular weight is 292 g/mol. The Balaban J connectivity index is 1.75. The maximum atomic E-state index is 2.49. The summed E-state index contributed by atoms with van der Waals surface area (Å²) in [5.41, 5.74) is 10.5. The summed E-state index contributed by atoms with van der Waals surface area (Å²) in [6.45, 7) is 6.93. The highest BCUT2D eigenvalue weighted by Crippen LogP contribution is 2.49. The smallest absolute Gasteiger partial charge is 0.0530 e. The van der Waals surface area contributed by atoms with E-state index in [4.69, 9.17) is 0 Å². The number of rotatable bonds is 2. The van der Waals surface area contributed by atoms with Crippen LogP contribution >= 0.6 is 11.8 Å². The second-order valence-corrected chi connectivity index (χ2v) is 7.32. The number of fused-ring (bicyclic) bond motifs is 2. The summed E-state index contributed by atoms with van der Waals surface area (Å²) in [5, 5.41) is 2.77. The van der Waals surface area contributed by atoms with E-state index in [1.165, 1.54) is 27.9 Å². The first kappa shape index (κ1) is 13.2. The van der Waals surface area contributed by atoms with E-state index in [1.54, 1.807) is 11.1 Å². The first-order chi connectivity index (χ1) is 10.2. The van der Waals surface area contributed by atoms with Crippen molar-refractivity contribution in [1.29, 1.82) is 0 Å². The highest BCUT2D eigenvalue weighted by Gasteiger charge is 2.33. The lowest BCUT2D eigenvalue weighted by molar-refractivity contribution is 0.788. The van der Waals surface area contributed by atoms with Crippen LogP contribution < -0.4 is 0 Å². The molecule has 0 nitrogen and oxygen atoms in total. The first-order valence-electron chi connectivity index (χ1n) is 7.70. The van der Waals surface area contributed by atoms with Crippen molar-refractivity contribution >= 4 is 11.8 Å². The van der Waals surface area contributed by atoms with Crippen molar-refractivity contribution in [2.45, 2.75) is 32.4 Å². The molecule has 4 rings (SSSR count). The van der Waals surface area contributed by atoms with Gasteiger partial charge in [0, 0.05) is 5.92 Å². The Morgan fingerprint density at radius 2 is 2.10 bits per heavy atom. The molecule has 0 saturated heterocycles. The lowest BCUT2D eigenvalue weighted by Crippen LogP contribution is -2.13. The van der Waals surface area contributed by atoms with Crippen molar-refractivity contribution in [3.8, 4) is 0 Å². The molecule has 0 saturated carbocycles. The van der Waals surface area contributed by atoms with Crippen LogP contribution in [0.3, 0.4) is 0 Å². The highest BCUT2D eigenvalue weighted by atomic mass is 32.2. The molecule has 1 heterocycles. The fourth-order valence-electron chi connectivity index (χ4n) is 3.90. The number of hydrogen-bond donors (Lipinski definition) is 0. The van der Waals surface area contributed by atoms with Crippen LogP contribution in [0.5, 0.6) is 0 Å². The van der Waals surface area contributed by atoms with E-state index >= 15 is 0 Å². The minimum Gasteiger partial charge on any atom is -0.122 e. The standard InChI is InChI=1S/C20H20S/c1-12-10-17-14(3)16-8-9-21-19(16)11-18(17)20(12)13(2)15-6-4-5-7-15/h4-6,8-11,13,19H,7H2,1-3H3/t13-,19?/m1/s1.